The van der Waals surface area contributed by atoms with Crippen LogP contribution in [0.5, 0.6) is 5.75 Å². The van der Waals surface area contributed by atoms with Crippen molar-refractivity contribution < 1.29 is 4.74 Å². The van der Waals surface area contributed by atoms with E-state index in [4.69, 9.17) is 4.74 Å². The summed E-state index contributed by atoms with van der Waals surface area (Å²) in [5, 5.41) is 0. The van der Waals surface area contributed by atoms with Crippen molar-refractivity contribution in [3.63, 3.8) is 0 Å². The highest BCUT2D eigenvalue weighted by molar-refractivity contribution is 9.10. The zero-order chi connectivity index (χ0) is 14.6. The van der Waals surface area contributed by atoms with E-state index in [9.17, 15) is 0 Å². The van der Waals surface area contributed by atoms with E-state index in [1.807, 2.05) is 0 Å². The van der Waals surface area contributed by atoms with Gasteiger partial charge in [0, 0.05) is 4.83 Å². The van der Waals surface area contributed by atoms with Gasteiger partial charge in [-0.2, -0.15) is 0 Å². The van der Waals surface area contributed by atoms with Crippen LogP contribution in [0, 0.1) is 23.2 Å². The van der Waals surface area contributed by atoms with Gasteiger partial charge in [-0.25, -0.2) is 0 Å². The molecule has 0 aliphatic heterocycles. The maximum atomic E-state index is 5.37. The lowest BCUT2D eigenvalue weighted by Gasteiger charge is -2.58. The summed E-state index contributed by atoms with van der Waals surface area (Å²) in [5.41, 5.74) is 1.91. The quantitative estimate of drug-likeness (QED) is 0.543. The van der Waals surface area contributed by atoms with Crippen LogP contribution in [0.3, 0.4) is 0 Å². The molecule has 0 amide bonds. The average molecular weight is 414 g/mol. The molecule has 1 aromatic rings. The Balaban J connectivity index is 1.65. The third kappa shape index (κ3) is 2.39. The van der Waals surface area contributed by atoms with E-state index in [2.05, 4.69) is 50.1 Å². The van der Waals surface area contributed by atoms with E-state index < -0.39 is 0 Å². The fraction of sp³-hybridized carbons (Fsp3) is 0.667. The van der Waals surface area contributed by atoms with Gasteiger partial charge in [0.25, 0.3) is 0 Å². The number of rotatable bonds is 3. The van der Waals surface area contributed by atoms with Gasteiger partial charge in [-0.3, -0.25) is 0 Å². The molecule has 4 saturated carbocycles. The molecule has 1 unspecified atom stereocenters. The number of methoxy groups -OCH3 is 1. The van der Waals surface area contributed by atoms with Gasteiger partial charge in [0.05, 0.1) is 11.6 Å². The minimum atomic E-state index is 0.487. The van der Waals surface area contributed by atoms with Gasteiger partial charge in [-0.05, 0) is 95.3 Å². The summed E-state index contributed by atoms with van der Waals surface area (Å²) in [4.78, 5) is 0.487. The molecule has 1 aromatic carbocycles. The lowest BCUT2D eigenvalue weighted by atomic mass is 9.48. The highest BCUT2D eigenvalue weighted by Gasteiger charge is 2.53. The zero-order valence-corrected chi connectivity index (χ0v) is 15.6. The van der Waals surface area contributed by atoms with Gasteiger partial charge < -0.3 is 4.74 Å². The van der Waals surface area contributed by atoms with Crippen LogP contribution in [-0.4, -0.2) is 7.11 Å². The fourth-order valence-corrected chi connectivity index (χ4v) is 7.09. The first-order valence-corrected chi connectivity index (χ1v) is 9.78. The van der Waals surface area contributed by atoms with Gasteiger partial charge in [0.15, 0.2) is 0 Å². The summed E-state index contributed by atoms with van der Waals surface area (Å²) in [6, 6.07) is 6.58. The molecule has 4 bridgehead atoms. The summed E-state index contributed by atoms with van der Waals surface area (Å²) in [6.07, 6.45) is 8.80. The van der Waals surface area contributed by atoms with E-state index in [-0.39, 0.29) is 0 Å². The Morgan fingerprint density at radius 1 is 1.10 bits per heavy atom. The van der Waals surface area contributed by atoms with Gasteiger partial charge in [0.1, 0.15) is 5.75 Å². The number of hydrogen-bond acceptors (Lipinski definition) is 1. The van der Waals surface area contributed by atoms with E-state index in [0.29, 0.717) is 10.2 Å². The molecule has 1 nitrogen and oxygen atoms in total. The van der Waals surface area contributed by atoms with Crippen molar-refractivity contribution in [1.29, 1.82) is 0 Å². The molecule has 0 aromatic heterocycles. The smallest absolute Gasteiger partial charge is 0.133 e. The molecule has 0 radical (unpaired) electrons. The van der Waals surface area contributed by atoms with Crippen LogP contribution in [0.1, 0.15) is 48.9 Å². The fourth-order valence-electron chi connectivity index (χ4n) is 5.68. The number of ether oxygens (including phenoxy) is 1. The van der Waals surface area contributed by atoms with Crippen molar-refractivity contribution in [2.75, 3.05) is 7.11 Å². The minimum Gasteiger partial charge on any atom is -0.496 e. The third-order valence-electron chi connectivity index (χ3n) is 6.09. The number of alkyl halides is 1. The Hall–Kier alpha value is -0.0200. The normalized spacial score (nSPS) is 38.5. The number of halogens is 2. The summed E-state index contributed by atoms with van der Waals surface area (Å²) in [5.74, 6) is 3.91. The third-order valence-corrected chi connectivity index (χ3v) is 8.21. The highest BCUT2D eigenvalue weighted by atomic mass is 79.9. The summed E-state index contributed by atoms with van der Waals surface area (Å²) in [6.45, 7) is 0. The summed E-state index contributed by atoms with van der Waals surface area (Å²) >= 11 is 7.73. The van der Waals surface area contributed by atoms with Crippen LogP contribution >= 0.6 is 31.9 Å². The zero-order valence-electron chi connectivity index (χ0n) is 12.4. The first-order valence-electron chi connectivity index (χ1n) is 8.07. The average Bonchev–Trinajstić information content (AvgIpc) is 2.45. The van der Waals surface area contributed by atoms with E-state index in [0.717, 1.165) is 28.0 Å². The Morgan fingerprint density at radius 3 is 2.14 bits per heavy atom. The number of hydrogen-bond donors (Lipinski definition) is 0. The highest BCUT2D eigenvalue weighted by Crippen LogP contribution is 2.66. The second kappa shape index (κ2) is 5.26. The Kier molecular flexibility index (Phi) is 3.65. The minimum absolute atomic E-state index is 0.487. The van der Waals surface area contributed by atoms with Crippen molar-refractivity contribution >= 4 is 31.9 Å². The largest absolute Gasteiger partial charge is 0.496 e. The Morgan fingerprint density at radius 2 is 1.67 bits per heavy atom. The van der Waals surface area contributed by atoms with Crippen LogP contribution in [0.25, 0.3) is 0 Å². The van der Waals surface area contributed by atoms with Crippen molar-refractivity contribution in [3.8, 4) is 5.75 Å². The SMILES string of the molecule is COc1ccc(C(Br)C23CC4CC(CC(C4)C2)C3)cc1Br. The lowest BCUT2D eigenvalue weighted by Crippen LogP contribution is -2.47. The van der Waals surface area contributed by atoms with Crippen LogP contribution in [0.4, 0.5) is 0 Å². The van der Waals surface area contributed by atoms with E-state index in [1.54, 1.807) is 7.11 Å². The monoisotopic (exact) mass is 412 g/mol. The second-order valence-corrected chi connectivity index (χ2v) is 9.31. The first-order chi connectivity index (χ1) is 10.1. The second-order valence-electron chi connectivity index (χ2n) is 7.54. The van der Waals surface area contributed by atoms with Crippen LogP contribution in [0.15, 0.2) is 22.7 Å². The van der Waals surface area contributed by atoms with Gasteiger partial charge in [0.2, 0.25) is 0 Å². The molecule has 114 valence electrons. The van der Waals surface area contributed by atoms with Gasteiger partial charge >= 0.3 is 0 Å². The number of benzene rings is 1. The van der Waals surface area contributed by atoms with Gasteiger partial charge in [-0.1, -0.05) is 22.0 Å². The summed E-state index contributed by atoms with van der Waals surface area (Å²) < 4.78 is 6.43. The molecule has 4 aliphatic carbocycles. The maximum absolute atomic E-state index is 5.37. The van der Waals surface area contributed by atoms with Gasteiger partial charge in [-0.15, -0.1) is 0 Å². The van der Waals surface area contributed by atoms with Crippen molar-refractivity contribution in [1.82, 2.24) is 0 Å². The molecular weight excluding hydrogens is 392 g/mol. The molecule has 5 rings (SSSR count). The summed E-state index contributed by atoms with van der Waals surface area (Å²) in [7, 11) is 1.73. The predicted molar refractivity (Wildman–Crippen MR) is 93.0 cm³/mol. The van der Waals surface area contributed by atoms with E-state index in [1.165, 1.54) is 44.1 Å². The van der Waals surface area contributed by atoms with Crippen LogP contribution in [-0.2, 0) is 0 Å². The molecule has 4 fully saturated rings. The topological polar surface area (TPSA) is 9.23 Å². The van der Waals surface area contributed by atoms with Crippen LogP contribution in [0.2, 0.25) is 0 Å². The van der Waals surface area contributed by atoms with E-state index >= 15 is 0 Å². The van der Waals surface area contributed by atoms with Crippen molar-refractivity contribution in [2.45, 2.75) is 43.4 Å². The lowest BCUT2D eigenvalue weighted by molar-refractivity contribution is -0.0528. The molecule has 0 heterocycles. The molecule has 1 atom stereocenters. The predicted octanol–water partition coefficient (Wildman–Crippen LogP) is 6.11. The molecule has 21 heavy (non-hydrogen) atoms. The molecular formula is C18H22Br2O. The first kappa shape index (κ1) is 14.6. The molecule has 0 N–H and O–H groups in total. The Bertz CT molecular complexity index is 519. The Labute approximate surface area is 144 Å². The molecule has 0 spiro atoms. The molecule has 3 heteroatoms. The maximum Gasteiger partial charge on any atom is 0.133 e. The van der Waals surface area contributed by atoms with Crippen molar-refractivity contribution in [2.24, 2.45) is 23.2 Å². The van der Waals surface area contributed by atoms with Crippen molar-refractivity contribution in [3.05, 3.63) is 28.2 Å². The molecule has 4 aliphatic rings. The molecule has 0 saturated heterocycles. The standard InChI is InChI=1S/C18H22Br2O/c1-21-16-3-2-14(7-15(16)19)17(20)18-8-11-4-12(9-18)6-13(5-11)10-18/h2-3,7,11-13,17H,4-6,8-10H2,1H3. The van der Waals surface area contributed by atoms with Crippen LogP contribution < -0.4 is 4.74 Å².